The van der Waals surface area contributed by atoms with E-state index >= 15 is 0 Å². The SMILES string of the molecule is CCOC(=O)c1cc2ccccc2n1CC(=O)Nc1ccc(C#N)cc1.CCOC(=O)c1cc2ccccc2n1CC(=O)Nc1ccc(C(=N)N)cc1. The summed E-state index contributed by atoms with van der Waals surface area (Å²) >= 11 is 0. The topological polar surface area (TPSA) is 194 Å². The van der Waals surface area contributed by atoms with E-state index in [-0.39, 0.29) is 44.0 Å². The number of esters is 2. The van der Waals surface area contributed by atoms with Gasteiger partial charge in [-0.25, -0.2) is 9.59 Å². The molecule has 0 saturated heterocycles. The number of amides is 2. The highest BCUT2D eigenvalue weighted by Gasteiger charge is 2.20. The van der Waals surface area contributed by atoms with Gasteiger partial charge >= 0.3 is 11.9 Å². The zero-order valence-electron chi connectivity index (χ0n) is 29.1. The average Bonchev–Trinajstić information content (AvgIpc) is 3.71. The van der Waals surface area contributed by atoms with Gasteiger partial charge in [-0.3, -0.25) is 15.0 Å². The van der Waals surface area contributed by atoms with Crippen molar-refractivity contribution in [3.05, 3.63) is 132 Å². The van der Waals surface area contributed by atoms with E-state index < -0.39 is 11.9 Å². The second-order valence-electron chi connectivity index (χ2n) is 11.6. The molecule has 0 aliphatic heterocycles. The van der Waals surface area contributed by atoms with Gasteiger partial charge < -0.3 is 35.0 Å². The molecule has 2 amide bonds. The van der Waals surface area contributed by atoms with Crippen LogP contribution in [-0.4, -0.2) is 51.9 Å². The van der Waals surface area contributed by atoms with E-state index in [0.29, 0.717) is 33.9 Å². The van der Waals surface area contributed by atoms with Crippen molar-refractivity contribution >= 4 is 62.8 Å². The minimum absolute atomic E-state index is 0.0261. The van der Waals surface area contributed by atoms with Crippen LogP contribution in [0.1, 0.15) is 46.0 Å². The Balaban J connectivity index is 0.000000204. The molecule has 2 heterocycles. The summed E-state index contributed by atoms with van der Waals surface area (Å²) in [4.78, 5) is 49.5. The lowest BCUT2D eigenvalue weighted by molar-refractivity contribution is -0.117. The highest BCUT2D eigenvalue weighted by Crippen LogP contribution is 2.22. The Kier molecular flexibility index (Phi) is 12.0. The molecule has 0 saturated carbocycles. The Labute approximate surface area is 305 Å². The maximum absolute atomic E-state index is 12.5. The highest BCUT2D eigenvalue weighted by atomic mass is 16.5. The molecule has 6 rings (SSSR count). The van der Waals surface area contributed by atoms with Crippen LogP contribution in [0.2, 0.25) is 0 Å². The number of carbonyl (C=O) groups excluding carboxylic acids is 4. The number of amidine groups is 1. The number of nitrogens with zero attached hydrogens (tertiary/aromatic N) is 3. The first-order valence-corrected chi connectivity index (χ1v) is 16.7. The standard InChI is InChI=1S/C20H20N4O3.C20H17N3O3/c1-2-27-20(26)17-11-14-5-3-4-6-16(14)24(17)12-18(25)23-15-9-7-13(8-10-15)19(21)22;1-2-26-20(25)18-11-15-5-3-4-6-17(15)23(18)13-19(24)22-16-9-7-14(12-21)8-10-16/h3-11H,2,12H2,1H3,(H3,21,22)(H,23,25);3-11H,2,13H2,1H3,(H,22,24). The number of para-hydroxylation sites is 2. The number of nitrogens with two attached hydrogens (primary N) is 1. The fourth-order valence-corrected chi connectivity index (χ4v) is 5.56. The summed E-state index contributed by atoms with van der Waals surface area (Å²) in [6, 6.07) is 33.7. The van der Waals surface area contributed by atoms with E-state index in [1.54, 1.807) is 83.6 Å². The van der Waals surface area contributed by atoms with E-state index in [4.69, 9.17) is 25.9 Å². The Hall–Kier alpha value is -7.20. The molecule has 0 fully saturated rings. The summed E-state index contributed by atoms with van der Waals surface area (Å²) in [5, 5.41) is 23.5. The second-order valence-corrected chi connectivity index (χ2v) is 11.6. The molecule has 13 nitrogen and oxygen atoms in total. The van der Waals surface area contributed by atoms with Crippen LogP contribution < -0.4 is 16.4 Å². The Morgan fingerprint density at radius 2 is 1.09 bits per heavy atom. The molecule has 0 atom stereocenters. The molecule has 53 heavy (non-hydrogen) atoms. The first kappa shape index (κ1) is 37.1. The van der Waals surface area contributed by atoms with Gasteiger partial charge in [0.1, 0.15) is 30.3 Å². The number of aromatic nitrogens is 2. The molecular formula is C40H37N7O6. The predicted molar refractivity (Wildman–Crippen MR) is 202 cm³/mol. The lowest BCUT2D eigenvalue weighted by atomic mass is 10.2. The summed E-state index contributed by atoms with van der Waals surface area (Å²) in [5.41, 5.74) is 9.92. The smallest absolute Gasteiger partial charge is 0.354 e. The van der Waals surface area contributed by atoms with Crippen LogP contribution in [0.3, 0.4) is 0 Å². The van der Waals surface area contributed by atoms with Gasteiger partial charge in [-0.15, -0.1) is 0 Å². The lowest BCUT2D eigenvalue weighted by Crippen LogP contribution is -2.22. The molecule has 6 aromatic rings. The Morgan fingerprint density at radius 1 is 0.679 bits per heavy atom. The molecule has 4 aromatic carbocycles. The number of ether oxygens (including phenoxy) is 2. The van der Waals surface area contributed by atoms with Gasteiger partial charge in [-0.1, -0.05) is 36.4 Å². The van der Waals surface area contributed by atoms with Gasteiger partial charge in [0, 0.05) is 38.7 Å². The summed E-state index contributed by atoms with van der Waals surface area (Å²) in [5.74, 6) is -1.52. The molecule has 0 aliphatic carbocycles. The van der Waals surface area contributed by atoms with Crippen LogP contribution in [-0.2, 0) is 32.2 Å². The largest absolute Gasteiger partial charge is 0.461 e. The number of nitrogens with one attached hydrogen (secondary N) is 3. The number of carbonyl (C=O) groups is 4. The number of anilines is 2. The van der Waals surface area contributed by atoms with E-state index in [9.17, 15) is 19.2 Å². The predicted octanol–water partition coefficient (Wildman–Crippen LogP) is 6.07. The van der Waals surface area contributed by atoms with Crippen molar-refractivity contribution in [1.29, 1.82) is 10.7 Å². The highest BCUT2D eigenvalue weighted by molar-refractivity contribution is 6.00. The molecular weight excluding hydrogens is 674 g/mol. The average molecular weight is 712 g/mol. The van der Waals surface area contributed by atoms with Crippen molar-refractivity contribution in [2.75, 3.05) is 23.8 Å². The van der Waals surface area contributed by atoms with Crippen LogP contribution >= 0.6 is 0 Å². The molecule has 0 unspecified atom stereocenters. The summed E-state index contributed by atoms with van der Waals surface area (Å²) in [6.07, 6.45) is 0. The number of nitrogen functional groups attached to an aromatic ring is 1. The van der Waals surface area contributed by atoms with Crippen LogP contribution in [0.15, 0.2) is 109 Å². The van der Waals surface area contributed by atoms with E-state index in [0.717, 1.165) is 21.8 Å². The van der Waals surface area contributed by atoms with Gasteiger partial charge in [-0.2, -0.15) is 5.26 Å². The summed E-state index contributed by atoms with van der Waals surface area (Å²) < 4.78 is 13.5. The number of hydrogen-bond donors (Lipinski definition) is 4. The van der Waals surface area contributed by atoms with Gasteiger partial charge in [0.05, 0.1) is 24.8 Å². The van der Waals surface area contributed by atoms with Crippen LogP contribution in [0.5, 0.6) is 0 Å². The summed E-state index contributed by atoms with van der Waals surface area (Å²) in [7, 11) is 0. The van der Waals surface area contributed by atoms with Crippen molar-refractivity contribution < 1.29 is 28.7 Å². The maximum Gasteiger partial charge on any atom is 0.354 e. The first-order valence-electron chi connectivity index (χ1n) is 16.7. The Bertz CT molecular complexity index is 2330. The summed E-state index contributed by atoms with van der Waals surface area (Å²) in [6.45, 7) is 3.94. The molecule has 0 bridgehead atoms. The zero-order valence-corrected chi connectivity index (χ0v) is 29.1. The molecule has 13 heteroatoms. The molecule has 5 N–H and O–H groups in total. The minimum atomic E-state index is -0.465. The van der Waals surface area contributed by atoms with Crippen molar-refractivity contribution in [2.24, 2.45) is 5.73 Å². The van der Waals surface area contributed by atoms with Crippen molar-refractivity contribution in [3.63, 3.8) is 0 Å². The first-order chi connectivity index (χ1) is 25.6. The lowest BCUT2D eigenvalue weighted by Gasteiger charge is -2.11. The quantitative estimate of drug-likeness (QED) is 0.0706. The molecule has 2 aromatic heterocycles. The van der Waals surface area contributed by atoms with Crippen molar-refractivity contribution in [2.45, 2.75) is 26.9 Å². The van der Waals surface area contributed by atoms with Gasteiger partial charge in [0.25, 0.3) is 0 Å². The Morgan fingerprint density at radius 3 is 1.49 bits per heavy atom. The normalized spacial score (nSPS) is 10.4. The van der Waals surface area contributed by atoms with Crippen LogP contribution in [0.25, 0.3) is 21.8 Å². The van der Waals surface area contributed by atoms with Crippen molar-refractivity contribution in [1.82, 2.24) is 9.13 Å². The monoisotopic (exact) mass is 711 g/mol. The van der Waals surface area contributed by atoms with Crippen LogP contribution in [0, 0.1) is 16.7 Å². The van der Waals surface area contributed by atoms with E-state index in [1.165, 1.54) is 0 Å². The fourth-order valence-electron chi connectivity index (χ4n) is 5.56. The van der Waals surface area contributed by atoms with Gasteiger partial charge in [-0.05, 0) is 86.6 Å². The third-order valence-electron chi connectivity index (χ3n) is 7.97. The number of rotatable bonds is 11. The third-order valence-corrected chi connectivity index (χ3v) is 7.97. The molecule has 0 aliphatic rings. The number of nitriles is 1. The fraction of sp³-hybridized carbons (Fsp3) is 0.150. The molecule has 0 spiro atoms. The zero-order chi connectivity index (χ0) is 37.9. The minimum Gasteiger partial charge on any atom is -0.461 e. The number of hydrogen-bond acceptors (Lipinski definition) is 8. The second kappa shape index (κ2) is 17.1. The van der Waals surface area contributed by atoms with E-state index in [2.05, 4.69) is 10.6 Å². The van der Waals surface area contributed by atoms with Gasteiger partial charge in [0.15, 0.2) is 0 Å². The third kappa shape index (κ3) is 9.13. The van der Waals surface area contributed by atoms with E-state index in [1.807, 2.05) is 54.6 Å². The van der Waals surface area contributed by atoms with Crippen molar-refractivity contribution in [3.8, 4) is 6.07 Å². The number of benzene rings is 4. The van der Waals surface area contributed by atoms with Crippen LogP contribution in [0.4, 0.5) is 11.4 Å². The molecule has 0 radical (unpaired) electrons. The maximum atomic E-state index is 12.5. The van der Waals surface area contributed by atoms with Gasteiger partial charge in [0.2, 0.25) is 11.8 Å². The molecule has 268 valence electrons. The number of fused-ring (bicyclic) bond motifs is 2.